The highest BCUT2D eigenvalue weighted by Gasteiger charge is 2.20. The Morgan fingerprint density at radius 1 is 1.09 bits per heavy atom. The summed E-state index contributed by atoms with van der Waals surface area (Å²) >= 11 is 6.39. The van der Waals surface area contributed by atoms with Crippen molar-refractivity contribution in [2.24, 2.45) is 0 Å². The molecule has 2 aromatic carbocycles. The normalized spacial score (nSPS) is 13.7. The number of rotatable bonds is 8. The molecular formula is C25H25ClN2O4. The minimum absolute atomic E-state index is 0.192. The van der Waals surface area contributed by atoms with Gasteiger partial charge < -0.3 is 19.5 Å². The molecule has 6 nitrogen and oxygen atoms in total. The van der Waals surface area contributed by atoms with Crippen LogP contribution < -0.4 is 14.4 Å². The van der Waals surface area contributed by atoms with Crippen LogP contribution in [0.1, 0.15) is 41.6 Å². The van der Waals surface area contributed by atoms with Gasteiger partial charge in [0.15, 0.2) is 11.5 Å². The number of methoxy groups -OCH3 is 1. The summed E-state index contributed by atoms with van der Waals surface area (Å²) < 4.78 is 11.8. The first-order valence-corrected chi connectivity index (χ1v) is 11.0. The Bertz CT molecular complexity index is 1080. The smallest absolute Gasteiger partial charge is 0.335 e. The van der Waals surface area contributed by atoms with E-state index in [4.69, 9.17) is 21.1 Å². The first-order chi connectivity index (χ1) is 15.5. The highest BCUT2D eigenvalue weighted by molar-refractivity contribution is 6.31. The first kappa shape index (κ1) is 22.0. The molecule has 0 saturated heterocycles. The number of carboxylic acids is 1. The van der Waals surface area contributed by atoms with Crippen LogP contribution in [0.25, 0.3) is 0 Å². The first-order valence-electron chi connectivity index (χ1n) is 10.6. The Hall–Kier alpha value is -3.25. The summed E-state index contributed by atoms with van der Waals surface area (Å²) in [7, 11) is 1.63. The van der Waals surface area contributed by atoms with Crippen molar-refractivity contribution in [1.82, 2.24) is 4.98 Å². The fraction of sp³-hybridized carbons (Fsp3) is 0.280. The van der Waals surface area contributed by atoms with Crippen molar-refractivity contribution in [1.29, 1.82) is 0 Å². The van der Waals surface area contributed by atoms with Crippen LogP contribution in [0.2, 0.25) is 5.02 Å². The Labute approximate surface area is 192 Å². The van der Waals surface area contributed by atoms with Gasteiger partial charge in [-0.05, 0) is 73.7 Å². The monoisotopic (exact) mass is 452 g/mol. The second-order valence-corrected chi connectivity index (χ2v) is 8.17. The van der Waals surface area contributed by atoms with Gasteiger partial charge in [-0.15, -0.1) is 0 Å². The number of carboxylic acid groups (broad SMARTS) is 1. The molecule has 166 valence electrons. The maximum atomic E-state index is 11.3. The van der Waals surface area contributed by atoms with E-state index in [1.807, 2.05) is 24.3 Å². The van der Waals surface area contributed by atoms with E-state index in [1.54, 1.807) is 43.8 Å². The molecule has 0 spiro atoms. The van der Waals surface area contributed by atoms with Crippen LogP contribution in [0.3, 0.4) is 0 Å². The largest absolute Gasteiger partial charge is 0.493 e. The molecule has 1 aliphatic rings. The lowest BCUT2D eigenvalue weighted by atomic mass is 10.1. The minimum Gasteiger partial charge on any atom is -0.493 e. The standard InChI is InChI=1S/C25H25ClN2O4/c1-31-23-11-10-20(14-24(23)32-21-4-2-3-5-21)28(16-18-12-13-27-15-22(18)26)19-8-6-17(7-9-19)25(29)30/h6-15,21H,2-5,16H2,1H3,(H,29,30). The van der Waals surface area contributed by atoms with Crippen LogP contribution in [0, 0.1) is 0 Å². The van der Waals surface area contributed by atoms with Crippen LogP contribution >= 0.6 is 11.6 Å². The van der Waals surface area contributed by atoms with E-state index in [2.05, 4.69) is 9.88 Å². The molecule has 0 amide bonds. The predicted octanol–water partition coefficient (Wildman–Crippen LogP) is 6.10. The summed E-state index contributed by atoms with van der Waals surface area (Å²) in [6, 6.07) is 14.5. The average molecular weight is 453 g/mol. The van der Waals surface area contributed by atoms with Crippen molar-refractivity contribution < 1.29 is 19.4 Å². The Balaban J connectivity index is 1.73. The molecule has 0 unspecified atom stereocenters. The second-order valence-electron chi connectivity index (χ2n) is 7.76. The summed E-state index contributed by atoms with van der Waals surface area (Å²) in [5.41, 5.74) is 2.85. The Morgan fingerprint density at radius 3 is 2.47 bits per heavy atom. The van der Waals surface area contributed by atoms with Crippen molar-refractivity contribution in [2.75, 3.05) is 12.0 Å². The van der Waals surface area contributed by atoms with Crippen molar-refractivity contribution in [3.8, 4) is 11.5 Å². The molecule has 0 bridgehead atoms. The molecule has 1 heterocycles. The van der Waals surface area contributed by atoms with E-state index in [-0.39, 0.29) is 11.7 Å². The summed E-state index contributed by atoms with van der Waals surface area (Å²) in [4.78, 5) is 17.4. The SMILES string of the molecule is COc1ccc(N(Cc2ccncc2Cl)c2ccc(C(=O)O)cc2)cc1OC1CCCC1. The Kier molecular flexibility index (Phi) is 6.81. The molecule has 4 rings (SSSR count). The van der Waals surface area contributed by atoms with Crippen molar-refractivity contribution >= 4 is 28.9 Å². The third kappa shape index (κ3) is 4.97. The van der Waals surface area contributed by atoms with E-state index >= 15 is 0 Å². The molecule has 1 fully saturated rings. The zero-order valence-electron chi connectivity index (χ0n) is 17.8. The molecule has 1 N–H and O–H groups in total. The van der Waals surface area contributed by atoms with Gasteiger partial charge in [0, 0.05) is 36.4 Å². The van der Waals surface area contributed by atoms with Gasteiger partial charge in [-0.2, -0.15) is 0 Å². The number of halogens is 1. The third-order valence-corrected chi connectivity index (χ3v) is 6.01. The van der Waals surface area contributed by atoms with Gasteiger partial charge >= 0.3 is 5.97 Å². The van der Waals surface area contributed by atoms with Crippen LogP contribution in [-0.2, 0) is 6.54 Å². The zero-order chi connectivity index (χ0) is 22.5. The molecule has 3 aromatic rings. The van der Waals surface area contributed by atoms with E-state index in [0.29, 0.717) is 23.1 Å². The van der Waals surface area contributed by atoms with Crippen molar-refractivity contribution in [3.05, 3.63) is 77.1 Å². The van der Waals surface area contributed by atoms with Gasteiger partial charge in [0.25, 0.3) is 0 Å². The highest BCUT2D eigenvalue weighted by atomic mass is 35.5. The van der Waals surface area contributed by atoms with Gasteiger partial charge in [0.2, 0.25) is 0 Å². The highest BCUT2D eigenvalue weighted by Crippen LogP contribution is 2.38. The molecule has 1 aliphatic carbocycles. The molecule has 1 saturated carbocycles. The zero-order valence-corrected chi connectivity index (χ0v) is 18.6. The van der Waals surface area contributed by atoms with Crippen LogP contribution in [-0.4, -0.2) is 29.3 Å². The number of nitrogens with zero attached hydrogens (tertiary/aromatic N) is 2. The lowest BCUT2D eigenvalue weighted by molar-refractivity contribution is 0.0697. The number of anilines is 2. The van der Waals surface area contributed by atoms with Crippen molar-refractivity contribution in [2.45, 2.75) is 38.3 Å². The van der Waals surface area contributed by atoms with Crippen LogP contribution in [0.4, 0.5) is 11.4 Å². The van der Waals surface area contributed by atoms with E-state index < -0.39 is 5.97 Å². The number of benzene rings is 2. The number of hydrogen-bond acceptors (Lipinski definition) is 5. The minimum atomic E-state index is -0.961. The number of pyridine rings is 1. The van der Waals surface area contributed by atoms with Gasteiger partial charge in [-0.1, -0.05) is 11.6 Å². The van der Waals surface area contributed by atoms with E-state index in [9.17, 15) is 9.90 Å². The van der Waals surface area contributed by atoms with Gasteiger partial charge in [-0.25, -0.2) is 4.79 Å². The summed E-state index contributed by atoms with van der Waals surface area (Å²) in [6.07, 6.45) is 7.95. The van der Waals surface area contributed by atoms with Gasteiger partial charge in [-0.3, -0.25) is 4.98 Å². The fourth-order valence-corrected chi connectivity index (χ4v) is 4.11. The summed E-state index contributed by atoms with van der Waals surface area (Å²) in [5, 5.41) is 9.83. The third-order valence-electron chi connectivity index (χ3n) is 5.67. The van der Waals surface area contributed by atoms with Crippen molar-refractivity contribution in [3.63, 3.8) is 0 Å². The number of aromatic nitrogens is 1. The lowest BCUT2D eigenvalue weighted by Gasteiger charge is -2.27. The predicted molar refractivity (Wildman–Crippen MR) is 124 cm³/mol. The van der Waals surface area contributed by atoms with E-state index in [0.717, 1.165) is 29.8 Å². The molecule has 1 aromatic heterocycles. The maximum Gasteiger partial charge on any atom is 0.335 e. The topological polar surface area (TPSA) is 71.9 Å². The van der Waals surface area contributed by atoms with Gasteiger partial charge in [0.05, 0.1) is 23.8 Å². The maximum absolute atomic E-state index is 11.3. The molecular weight excluding hydrogens is 428 g/mol. The van der Waals surface area contributed by atoms with E-state index in [1.165, 1.54) is 12.8 Å². The Morgan fingerprint density at radius 2 is 1.81 bits per heavy atom. The summed E-state index contributed by atoms with van der Waals surface area (Å²) in [5.74, 6) is 0.422. The lowest BCUT2D eigenvalue weighted by Crippen LogP contribution is -2.18. The van der Waals surface area contributed by atoms with Crippen LogP contribution in [0.5, 0.6) is 11.5 Å². The fourth-order valence-electron chi connectivity index (χ4n) is 3.93. The molecule has 32 heavy (non-hydrogen) atoms. The molecule has 7 heteroatoms. The quantitative estimate of drug-likeness (QED) is 0.445. The van der Waals surface area contributed by atoms with Gasteiger partial charge in [0.1, 0.15) is 0 Å². The molecule has 0 radical (unpaired) electrons. The molecule has 0 aliphatic heterocycles. The van der Waals surface area contributed by atoms with Crippen LogP contribution in [0.15, 0.2) is 60.9 Å². The molecule has 0 atom stereocenters. The average Bonchev–Trinajstić information content (AvgIpc) is 3.32. The number of aromatic carboxylic acids is 1. The summed E-state index contributed by atoms with van der Waals surface area (Å²) in [6.45, 7) is 0.475. The second kappa shape index (κ2) is 9.92. The number of ether oxygens (including phenoxy) is 2. The number of hydrogen-bond donors (Lipinski definition) is 1. The number of carbonyl (C=O) groups is 1.